The molecule has 0 radical (unpaired) electrons. The van der Waals surface area contributed by atoms with E-state index in [0.717, 1.165) is 5.56 Å². The van der Waals surface area contributed by atoms with Crippen molar-refractivity contribution in [3.8, 4) is 0 Å². The quantitative estimate of drug-likeness (QED) is 0.449. The lowest BCUT2D eigenvalue weighted by atomic mass is 10.0. The third-order valence-electron chi connectivity index (χ3n) is 2.84. The van der Waals surface area contributed by atoms with E-state index in [9.17, 15) is 9.59 Å². The van der Waals surface area contributed by atoms with E-state index in [-0.39, 0.29) is 18.2 Å². The van der Waals surface area contributed by atoms with E-state index in [1.54, 1.807) is 25.1 Å². The fourth-order valence-corrected chi connectivity index (χ4v) is 1.79. The van der Waals surface area contributed by atoms with Gasteiger partial charge in [0.15, 0.2) is 5.78 Å². The number of ether oxygens (including phenoxy) is 1. The zero-order chi connectivity index (χ0) is 15.0. The van der Waals surface area contributed by atoms with Crippen LogP contribution in [0.3, 0.4) is 0 Å². The minimum atomic E-state index is -0.588. The predicted octanol–water partition coefficient (Wildman–Crippen LogP) is 2.28. The lowest BCUT2D eigenvalue weighted by Crippen LogP contribution is -2.39. The van der Waals surface area contributed by atoms with Gasteiger partial charge < -0.3 is 10.1 Å². The minimum absolute atomic E-state index is 0.0222. The maximum Gasteiger partial charge on any atom is 0.307 e. The van der Waals surface area contributed by atoms with Crippen molar-refractivity contribution >= 4 is 11.8 Å². The van der Waals surface area contributed by atoms with Gasteiger partial charge >= 0.3 is 5.97 Å². The summed E-state index contributed by atoms with van der Waals surface area (Å²) in [6.07, 6.45) is 1.68. The summed E-state index contributed by atoms with van der Waals surface area (Å²) in [5, 5.41) is 3.00. The predicted molar refractivity (Wildman–Crippen MR) is 78.7 cm³/mol. The average molecular weight is 275 g/mol. The highest BCUT2D eigenvalue weighted by atomic mass is 16.5. The Morgan fingerprint density at radius 2 is 2.00 bits per heavy atom. The van der Waals surface area contributed by atoms with Crippen LogP contribution in [0, 0.1) is 6.92 Å². The van der Waals surface area contributed by atoms with Crippen LogP contribution in [0.1, 0.15) is 29.3 Å². The summed E-state index contributed by atoms with van der Waals surface area (Å²) in [5.41, 5.74) is 1.67. The summed E-state index contributed by atoms with van der Waals surface area (Å²) in [5.74, 6) is -0.491. The molecule has 0 bridgehead atoms. The van der Waals surface area contributed by atoms with Crippen molar-refractivity contribution < 1.29 is 14.3 Å². The molecule has 108 valence electrons. The van der Waals surface area contributed by atoms with Crippen LogP contribution in [-0.4, -0.2) is 30.9 Å². The molecule has 4 heteroatoms. The van der Waals surface area contributed by atoms with E-state index in [2.05, 4.69) is 11.9 Å². The number of benzene rings is 1. The van der Waals surface area contributed by atoms with Crippen LogP contribution in [0.15, 0.2) is 36.9 Å². The number of nitrogens with one attached hydrogen (secondary N) is 1. The molecule has 0 heterocycles. The number of Topliss-reactive ketones (excluding diaryl/α,β-unsaturated/α-hetero) is 1. The standard InChI is InChI=1S/C16H21NO3/c1-4-10-17-14(11-15(18)20-5-2)16(19)13-8-6-12(3)7-9-13/h4,6-9,14,17H,1,5,10-11H2,2-3H3. The van der Waals surface area contributed by atoms with Gasteiger partial charge in [-0.15, -0.1) is 6.58 Å². The molecule has 0 amide bonds. The largest absolute Gasteiger partial charge is 0.466 e. The van der Waals surface area contributed by atoms with Crippen molar-refractivity contribution in [3.63, 3.8) is 0 Å². The zero-order valence-electron chi connectivity index (χ0n) is 12.0. The molecule has 1 rings (SSSR count). The van der Waals surface area contributed by atoms with Crippen LogP contribution >= 0.6 is 0 Å². The van der Waals surface area contributed by atoms with Gasteiger partial charge in [0.1, 0.15) is 0 Å². The lowest BCUT2D eigenvalue weighted by Gasteiger charge is -2.16. The van der Waals surface area contributed by atoms with Gasteiger partial charge in [-0.2, -0.15) is 0 Å². The van der Waals surface area contributed by atoms with E-state index in [4.69, 9.17) is 4.74 Å². The first-order valence-corrected chi connectivity index (χ1v) is 6.69. The molecule has 0 aliphatic carbocycles. The molecule has 1 unspecified atom stereocenters. The van der Waals surface area contributed by atoms with Crippen LogP contribution < -0.4 is 5.32 Å². The molecule has 0 saturated heterocycles. The van der Waals surface area contributed by atoms with Gasteiger partial charge in [0.2, 0.25) is 0 Å². The van der Waals surface area contributed by atoms with Crippen molar-refractivity contribution in [2.45, 2.75) is 26.3 Å². The molecule has 4 nitrogen and oxygen atoms in total. The van der Waals surface area contributed by atoms with Crippen LogP contribution in [0.2, 0.25) is 0 Å². The van der Waals surface area contributed by atoms with Crippen LogP contribution in [0.5, 0.6) is 0 Å². The topological polar surface area (TPSA) is 55.4 Å². The van der Waals surface area contributed by atoms with Gasteiger partial charge in [-0.05, 0) is 13.8 Å². The van der Waals surface area contributed by atoms with Gasteiger partial charge in [0, 0.05) is 12.1 Å². The Kier molecular flexibility index (Phi) is 6.67. The van der Waals surface area contributed by atoms with E-state index in [1.165, 1.54) is 0 Å². The van der Waals surface area contributed by atoms with Crippen LogP contribution in [-0.2, 0) is 9.53 Å². The normalized spacial score (nSPS) is 11.7. The fourth-order valence-electron chi connectivity index (χ4n) is 1.79. The summed E-state index contributed by atoms with van der Waals surface area (Å²) < 4.78 is 4.90. The average Bonchev–Trinajstić information content (AvgIpc) is 2.44. The molecular weight excluding hydrogens is 254 g/mol. The Labute approximate surface area is 119 Å². The SMILES string of the molecule is C=CCNC(CC(=O)OCC)C(=O)c1ccc(C)cc1. The molecule has 1 aromatic carbocycles. The Morgan fingerprint density at radius 1 is 1.35 bits per heavy atom. The fraction of sp³-hybridized carbons (Fsp3) is 0.375. The first-order valence-electron chi connectivity index (χ1n) is 6.69. The van der Waals surface area contributed by atoms with E-state index < -0.39 is 6.04 Å². The Morgan fingerprint density at radius 3 is 2.55 bits per heavy atom. The van der Waals surface area contributed by atoms with Gasteiger partial charge in [-0.1, -0.05) is 35.9 Å². The molecule has 0 fully saturated rings. The van der Waals surface area contributed by atoms with E-state index in [1.807, 2.05) is 19.1 Å². The summed E-state index contributed by atoms with van der Waals surface area (Å²) in [4.78, 5) is 24.0. The zero-order valence-corrected chi connectivity index (χ0v) is 12.0. The number of hydrogen-bond acceptors (Lipinski definition) is 4. The highest BCUT2D eigenvalue weighted by Gasteiger charge is 2.22. The molecule has 1 atom stereocenters. The van der Waals surface area contributed by atoms with Crippen molar-refractivity contribution in [3.05, 3.63) is 48.0 Å². The van der Waals surface area contributed by atoms with Crippen molar-refractivity contribution in [2.75, 3.05) is 13.2 Å². The van der Waals surface area contributed by atoms with Crippen molar-refractivity contribution in [1.82, 2.24) is 5.32 Å². The second kappa shape index (κ2) is 8.27. The molecular formula is C16H21NO3. The van der Waals surface area contributed by atoms with Gasteiger partial charge in [-0.25, -0.2) is 0 Å². The maximum atomic E-state index is 12.4. The second-order valence-corrected chi connectivity index (χ2v) is 4.49. The lowest BCUT2D eigenvalue weighted by molar-refractivity contribution is -0.143. The molecule has 0 spiro atoms. The molecule has 0 aliphatic rings. The number of ketones is 1. The third-order valence-corrected chi connectivity index (χ3v) is 2.84. The van der Waals surface area contributed by atoms with Crippen molar-refractivity contribution in [2.24, 2.45) is 0 Å². The highest BCUT2D eigenvalue weighted by Crippen LogP contribution is 2.09. The molecule has 1 N–H and O–H groups in total. The van der Waals surface area contributed by atoms with E-state index in [0.29, 0.717) is 18.7 Å². The summed E-state index contributed by atoms with van der Waals surface area (Å²) in [6, 6.07) is 6.70. The third kappa shape index (κ3) is 4.97. The summed E-state index contributed by atoms with van der Waals surface area (Å²) in [7, 11) is 0. The van der Waals surface area contributed by atoms with Gasteiger partial charge in [0.25, 0.3) is 0 Å². The number of hydrogen-bond donors (Lipinski definition) is 1. The summed E-state index contributed by atoms with van der Waals surface area (Å²) in [6.45, 7) is 8.07. The monoisotopic (exact) mass is 275 g/mol. The number of carbonyl (C=O) groups is 2. The highest BCUT2D eigenvalue weighted by molar-refractivity contribution is 6.01. The molecule has 0 aliphatic heterocycles. The minimum Gasteiger partial charge on any atom is -0.466 e. The number of rotatable bonds is 8. The Balaban J connectivity index is 2.80. The maximum absolute atomic E-state index is 12.4. The van der Waals surface area contributed by atoms with E-state index >= 15 is 0 Å². The molecule has 20 heavy (non-hydrogen) atoms. The van der Waals surface area contributed by atoms with Gasteiger partial charge in [-0.3, -0.25) is 9.59 Å². The molecule has 0 saturated carbocycles. The van der Waals surface area contributed by atoms with Crippen LogP contribution in [0.4, 0.5) is 0 Å². The second-order valence-electron chi connectivity index (χ2n) is 4.49. The number of aryl methyl sites for hydroxylation is 1. The van der Waals surface area contributed by atoms with Gasteiger partial charge in [0.05, 0.1) is 19.1 Å². The Hall–Kier alpha value is -1.94. The smallest absolute Gasteiger partial charge is 0.307 e. The number of carbonyl (C=O) groups excluding carboxylic acids is 2. The summed E-state index contributed by atoms with van der Waals surface area (Å²) >= 11 is 0. The number of esters is 1. The van der Waals surface area contributed by atoms with Crippen molar-refractivity contribution in [1.29, 1.82) is 0 Å². The molecule has 1 aromatic rings. The van der Waals surface area contributed by atoms with Crippen LogP contribution in [0.25, 0.3) is 0 Å². The first-order chi connectivity index (χ1) is 9.58. The first kappa shape index (κ1) is 16.1. The molecule has 0 aromatic heterocycles. The Bertz CT molecular complexity index is 465.